The van der Waals surface area contributed by atoms with Crippen molar-refractivity contribution in [1.29, 1.82) is 0 Å². The van der Waals surface area contributed by atoms with E-state index in [1.165, 1.54) is 16.7 Å². The molecule has 1 nitrogen and oxygen atoms in total. The van der Waals surface area contributed by atoms with Gasteiger partial charge in [-0.1, -0.05) is 86.1 Å². The fourth-order valence-electron chi connectivity index (χ4n) is 2.50. The molecule has 0 amide bonds. The van der Waals surface area contributed by atoms with E-state index in [9.17, 15) is 0 Å². The van der Waals surface area contributed by atoms with E-state index in [1.807, 2.05) is 0 Å². The van der Waals surface area contributed by atoms with Gasteiger partial charge in [-0.05, 0) is 34.7 Å². The molecule has 2 rings (SSSR count). The first-order valence-electron chi connectivity index (χ1n) is 7.51. The monoisotopic (exact) mass is 345 g/mol. The molecule has 0 saturated heterocycles. The molecule has 0 bridgehead atoms. The predicted molar refractivity (Wildman–Crippen MR) is 94.8 cm³/mol. The van der Waals surface area contributed by atoms with Crippen molar-refractivity contribution in [3.8, 4) is 0 Å². The summed E-state index contributed by atoms with van der Waals surface area (Å²) in [6, 6.07) is 17.6. The SMILES string of the molecule is CCNC(c1ccc(C(C)(C)C)cc1)c1ccccc1Br. The fraction of sp³-hybridized carbons (Fsp3) is 0.368. The van der Waals surface area contributed by atoms with Crippen LogP contribution in [0, 0.1) is 0 Å². The number of rotatable bonds is 4. The van der Waals surface area contributed by atoms with Gasteiger partial charge in [-0.15, -0.1) is 0 Å². The molecule has 0 spiro atoms. The van der Waals surface area contributed by atoms with Crippen LogP contribution >= 0.6 is 15.9 Å². The third-order valence-corrected chi connectivity index (χ3v) is 4.46. The minimum Gasteiger partial charge on any atom is -0.306 e. The number of benzene rings is 2. The van der Waals surface area contributed by atoms with Crippen molar-refractivity contribution in [3.63, 3.8) is 0 Å². The van der Waals surface area contributed by atoms with Gasteiger partial charge in [0, 0.05) is 4.47 Å². The van der Waals surface area contributed by atoms with Gasteiger partial charge in [0.15, 0.2) is 0 Å². The van der Waals surface area contributed by atoms with Crippen molar-refractivity contribution >= 4 is 15.9 Å². The normalized spacial score (nSPS) is 13.2. The van der Waals surface area contributed by atoms with Crippen LogP contribution in [0.2, 0.25) is 0 Å². The Bertz CT molecular complexity index is 581. The van der Waals surface area contributed by atoms with E-state index < -0.39 is 0 Å². The maximum Gasteiger partial charge on any atom is 0.0587 e. The van der Waals surface area contributed by atoms with Crippen LogP contribution in [0.3, 0.4) is 0 Å². The smallest absolute Gasteiger partial charge is 0.0587 e. The van der Waals surface area contributed by atoms with Crippen LogP contribution in [-0.4, -0.2) is 6.54 Å². The number of hydrogen-bond donors (Lipinski definition) is 1. The van der Waals surface area contributed by atoms with Crippen molar-refractivity contribution in [2.45, 2.75) is 39.2 Å². The average molecular weight is 346 g/mol. The summed E-state index contributed by atoms with van der Waals surface area (Å²) in [6.45, 7) is 9.83. The summed E-state index contributed by atoms with van der Waals surface area (Å²) in [5.41, 5.74) is 4.15. The zero-order valence-corrected chi connectivity index (χ0v) is 14.9. The minimum atomic E-state index is 0.194. The van der Waals surface area contributed by atoms with Gasteiger partial charge in [0.2, 0.25) is 0 Å². The molecule has 0 saturated carbocycles. The summed E-state index contributed by atoms with van der Waals surface area (Å²) >= 11 is 3.67. The second-order valence-electron chi connectivity index (χ2n) is 6.38. The Morgan fingerprint density at radius 1 is 1.00 bits per heavy atom. The molecular weight excluding hydrogens is 322 g/mol. The summed E-state index contributed by atoms with van der Waals surface area (Å²) in [4.78, 5) is 0. The Morgan fingerprint density at radius 2 is 1.62 bits per heavy atom. The van der Waals surface area contributed by atoms with Gasteiger partial charge in [-0.2, -0.15) is 0 Å². The first kappa shape index (κ1) is 16.3. The number of nitrogens with one attached hydrogen (secondary N) is 1. The maximum absolute atomic E-state index is 3.67. The molecule has 0 aromatic heterocycles. The quantitative estimate of drug-likeness (QED) is 0.777. The molecule has 0 aliphatic heterocycles. The van der Waals surface area contributed by atoms with Crippen molar-refractivity contribution in [3.05, 3.63) is 69.7 Å². The lowest BCUT2D eigenvalue weighted by Gasteiger charge is -2.23. The Kier molecular flexibility index (Phi) is 5.23. The highest BCUT2D eigenvalue weighted by molar-refractivity contribution is 9.10. The van der Waals surface area contributed by atoms with Crippen LogP contribution in [0.5, 0.6) is 0 Å². The molecule has 21 heavy (non-hydrogen) atoms. The van der Waals surface area contributed by atoms with Gasteiger partial charge < -0.3 is 5.32 Å². The topological polar surface area (TPSA) is 12.0 Å². The minimum absolute atomic E-state index is 0.194. The maximum atomic E-state index is 3.67. The number of halogens is 1. The van der Waals surface area contributed by atoms with Crippen LogP contribution in [-0.2, 0) is 5.41 Å². The van der Waals surface area contributed by atoms with Crippen LogP contribution < -0.4 is 5.32 Å². The molecule has 0 aliphatic rings. The van der Waals surface area contributed by atoms with Gasteiger partial charge in [-0.25, -0.2) is 0 Å². The van der Waals surface area contributed by atoms with Crippen molar-refractivity contribution in [2.24, 2.45) is 0 Å². The molecule has 2 heteroatoms. The summed E-state index contributed by atoms with van der Waals surface area (Å²) in [7, 11) is 0. The third-order valence-electron chi connectivity index (χ3n) is 3.73. The molecule has 1 N–H and O–H groups in total. The van der Waals surface area contributed by atoms with E-state index >= 15 is 0 Å². The van der Waals surface area contributed by atoms with E-state index in [-0.39, 0.29) is 11.5 Å². The average Bonchev–Trinajstić information content (AvgIpc) is 2.45. The van der Waals surface area contributed by atoms with Crippen LogP contribution in [0.1, 0.15) is 50.4 Å². The Morgan fingerprint density at radius 3 is 2.14 bits per heavy atom. The Balaban J connectivity index is 2.37. The molecule has 2 aromatic carbocycles. The second kappa shape index (κ2) is 6.76. The molecule has 0 fully saturated rings. The summed E-state index contributed by atoms with van der Waals surface area (Å²) in [6.07, 6.45) is 0. The molecule has 0 radical (unpaired) electrons. The van der Waals surface area contributed by atoms with Crippen molar-refractivity contribution in [2.75, 3.05) is 6.54 Å². The molecule has 1 atom stereocenters. The van der Waals surface area contributed by atoms with Crippen molar-refractivity contribution < 1.29 is 0 Å². The molecule has 1 unspecified atom stereocenters. The van der Waals surface area contributed by atoms with Crippen LogP contribution in [0.15, 0.2) is 53.0 Å². The largest absolute Gasteiger partial charge is 0.306 e. The zero-order chi connectivity index (χ0) is 15.5. The molecular formula is C19H24BrN. The Labute approximate surface area is 136 Å². The van der Waals surface area contributed by atoms with E-state index in [0.717, 1.165) is 11.0 Å². The first-order valence-corrected chi connectivity index (χ1v) is 8.31. The second-order valence-corrected chi connectivity index (χ2v) is 7.24. The fourth-order valence-corrected chi connectivity index (χ4v) is 3.01. The molecule has 0 heterocycles. The van der Waals surface area contributed by atoms with Crippen LogP contribution in [0.25, 0.3) is 0 Å². The van der Waals surface area contributed by atoms with E-state index in [1.54, 1.807) is 0 Å². The molecule has 112 valence electrons. The van der Waals surface area contributed by atoms with Gasteiger partial charge in [-0.3, -0.25) is 0 Å². The highest BCUT2D eigenvalue weighted by atomic mass is 79.9. The van der Waals surface area contributed by atoms with Gasteiger partial charge in [0.25, 0.3) is 0 Å². The van der Waals surface area contributed by atoms with Crippen LogP contribution in [0.4, 0.5) is 0 Å². The molecule has 2 aromatic rings. The van der Waals surface area contributed by atoms with Gasteiger partial charge >= 0.3 is 0 Å². The molecule has 0 aliphatic carbocycles. The summed E-state index contributed by atoms with van der Waals surface area (Å²) < 4.78 is 1.15. The van der Waals surface area contributed by atoms with E-state index in [2.05, 4.69) is 97.5 Å². The zero-order valence-electron chi connectivity index (χ0n) is 13.3. The number of hydrogen-bond acceptors (Lipinski definition) is 1. The van der Waals surface area contributed by atoms with Gasteiger partial charge in [0.05, 0.1) is 6.04 Å². The van der Waals surface area contributed by atoms with E-state index in [4.69, 9.17) is 0 Å². The lowest BCUT2D eigenvalue weighted by molar-refractivity contribution is 0.587. The van der Waals surface area contributed by atoms with E-state index in [0.29, 0.717) is 0 Å². The first-order chi connectivity index (χ1) is 9.93. The van der Waals surface area contributed by atoms with Crippen molar-refractivity contribution in [1.82, 2.24) is 5.32 Å². The summed E-state index contributed by atoms with van der Waals surface area (Å²) in [5, 5.41) is 3.58. The Hall–Kier alpha value is -1.12. The highest BCUT2D eigenvalue weighted by Gasteiger charge is 2.17. The summed E-state index contributed by atoms with van der Waals surface area (Å²) in [5.74, 6) is 0. The predicted octanol–water partition coefficient (Wildman–Crippen LogP) is 5.45. The standard InChI is InChI=1S/C19H24BrN/c1-5-21-18(16-8-6-7-9-17(16)20)14-10-12-15(13-11-14)19(2,3)4/h6-13,18,21H,5H2,1-4H3. The lowest BCUT2D eigenvalue weighted by Crippen LogP contribution is -2.22. The highest BCUT2D eigenvalue weighted by Crippen LogP contribution is 2.30. The lowest BCUT2D eigenvalue weighted by atomic mass is 9.86. The third kappa shape index (κ3) is 3.96. The van der Waals surface area contributed by atoms with Gasteiger partial charge in [0.1, 0.15) is 0 Å².